The number of carbonyl (C=O) groups is 3. The lowest BCUT2D eigenvalue weighted by molar-refractivity contribution is -0.138. The van der Waals surface area contributed by atoms with E-state index in [0.29, 0.717) is 5.56 Å². The van der Waals surface area contributed by atoms with Gasteiger partial charge in [0.2, 0.25) is 17.7 Å². The highest BCUT2D eigenvalue weighted by atomic mass is 19.1. The van der Waals surface area contributed by atoms with Crippen molar-refractivity contribution in [1.29, 1.82) is 0 Å². The van der Waals surface area contributed by atoms with Crippen LogP contribution in [0.15, 0.2) is 72.8 Å². The first-order valence-corrected chi connectivity index (χ1v) is 11.2. The van der Waals surface area contributed by atoms with Crippen molar-refractivity contribution in [2.24, 2.45) is 0 Å². The Kier molecular flexibility index (Phi) is 6.91. The number of benzene rings is 3. The molecule has 1 aliphatic rings. The van der Waals surface area contributed by atoms with Crippen LogP contribution in [0.25, 0.3) is 0 Å². The van der Waals surface area contributed by atoms with E-state index in [4.69, 9.17) is 0 Å². The van der Waals surface area contributed by atoms with E-state index < -0.39 is 35.5 Å². The highest BCUT2D eigenvalue weighted by Crippen LogP contribution is 2.38. The Hall–Kier alpha value is -4.07. The standard InChI is InChI=1S/C27H25F2N3O3/c1-16(30-23(33)14-17-12-19(28)15-20(29)13-17)26(34)31-24-21-10-6-7-11-22(21)25(32(2)27(24)35)18-8-4-3-5-9-18/h3-13,15-16,24-25H,14H2,1-2H3,(H,30,33)(H,31,34)/t16-,24?,25?/m0/s1. The van der Waals surface area contributed by atoms with Crippen LogP contribution < -0.4 is 10.6 Å². The zero-order valence-corrected chi connectivity index (χ0v) is 19.3. The maximum Gasteiger partial charge on any atom is 0.250 e. The number of nitrogens with one attached hydrogen (secondary N) is 2. The second-order valence-electron chi connectivity index (χ2n) is 8.58. The molecule has 0 fully saturated rings. The van der Waals surface area contributed by atoms with Gasteiger partial charge in [0.15, 0.2) is 0 Å². The first kappa shape index (κ1) is 24.1. The van der Waals surface area contributed by atoms with Crippen LogP contribution in [0.2, 0.25) is 0 Å². The number of halogens is 2. The van der Waals surface area contributed by atoms with Crippen LogP contribution >= 0.6 is 0 Å². The minimum Gasteiger partial charge on any atom is -0.344 e. The smallest absolute Gasteiger partial charge is 0.250 e. The topological polar surface area (TPSA) is 78.5 Å². The Morgan fingerprint density at radius 1 is 0.943 bits per heavy atom. The van der Waals surface area contributed by atoms with Crippen molar-refractivity contribution in [2.75, 3.05) is 7.05 Å². The molecule has 2 unspecified atom stereocenters. The van der Waals surface area contributed by atoms with Gasteiger partial charge in [0.05, 0.1) is 12.5 Å². The third-order valence-corrected chi connectivity index (χ3v) is 6.04. The number of nitrogens with zero attached hydrogens (tertiary/aromatic N) is 1. The van der Waals surface area contributed by atoms with Gasteiger partial charge in [-0.1, -0.05) is 54.6 Å². The minimum atomic E-state index is -0.974. The van der Waals surface area contributed by atoms with E-state index in [1.165, 1.54) is 6.92 Å². The molecule has 0 saturated carbocycles. The molecular weight excluding hydrogens is 452 g/mol. The molecule has 1 heterocycles. The van der Waals surface area contributed by atoms with Gasteiger partial charge in [-0.2, -0.15) is 0 Å². The fourth-order valence-electron chi connectivity index (χ4n) is 4.40. The summed E-state index contributed by atoms with van der Waals surface area (Å²) < 4.78 is 26.8. The number of hydrogen-bond donors (Lipinski definition) is 2. The lowest BCUT2D eigenvalue weighted by Crippen LogP contribution is -2.52. The number of hydrogen-bond acceptors (Lipinski definition) is 3. The summed E-state index contributed by atoms with van der Waals surface area (Å²) in [6.45, 7) is 1.48. The van der Waals surface area contributed by atoms with Crippen LogP contribution in [0, 0.1) is 11.6 Å². The highest BCUT2D eigenvalue weighted by Gasteiger charge is 2.39. The average Bonchev–Trinajstić information content (AvgIpc) is 2.81. The number of amides is 3. The summed E-state index contributed by atoms with van der Waals surface area (Å²) in [4.78, 5) is 40.2. The number of fused-ring (bicyclic) bond motifs is 1. The molecule has 8 heteroatoms. The van der Waals surface area contributed by atoms with Gasteiger partial charge in [0, 0.05) is 13.1 Å². The first-order chi connectivity index (χ1) is 16.7. The molecule has 35 heavy (non-hydrogen) atoms. The van der Waals surface area contributed by atoms with E-state index in [2.05, 4.69) is 10.6 Å². The van der Waals surface area contributed by atoms with Crippen LogP contribution in [0.5, 0.6) is 0 Å². The van der Waals surface area contributed by atoms with Crippen LogP contribution in [0.1, 0.15) is 41.3 Å². The second kappa shape index (κ2) is 10.0. The van der Waals surface area contributed by atoms with Crippen LogP contribution in [0.4, 0.5) is 8.78 Å². The molecule has 180 valence electrons. The summed E-state index contributed by atoms with van der Waals surface area (Å²) in [6, 6.07) is 17.7. The zero-order chi connectivity index (χ0) is 25.1. The Balaban J connectivity index is 1.49. The van der Waals surface area contributed by atoms with Crippen molar-refractivity contribution >= 4 is 17.7 Å². The van der Waals surface area contributed by atoms with Crippen molar-refractivity contribution in [1.82, 2.24) is 15.5 Å². The Labute approximate surface area is 201 Å². The molecule has 0 saturated heterocycles. The van der Waals surface area contributed by atoms with Crippen molar-refractivity contribution < 1.29 is 23.2 Å². The molecule has 3 atom stereocenters. The molecule has 3 aromatic carbocycles. The molecule has 0 aliphatic carbocycles. The van der Waals surface area contributed by atoms with Gasteiger partial charge >= 0.3 is 0 Å². The second-order valence-corrected chi connectivity index (χ2v) is 8.58. The molecule has 0 aromatic heterocycles. The van der Waals surface area contributed by atoms with Crippen LogP contribution in [-0.2, 0) is 20.8 Å². The Bertz CT molecular complexity index is 1250. The summed E-state index contributed by atoms with van der Waals surface area (Å²) in [6.07, 6.45) is -0.293. The highest BCUT2D eigenvalue weighted by molar-refractivity contribution is 5.94. The lowest BCUT2D eigenvalue weighted by Gasteiger charge is -2.39. The van der Waals surface area contributed by atoms with Gasteiger partial charge in [-0.05, 0) is 41.3 Å². The third-order valence-electron chi connectivity index (χ3n) is 6.04. The van der Waals surface area contributed by atoms with Gasteiger partial charge < -0.3 is 15.5 Å². The van der Waals surface area contributed by atoms with Gasteiger partial charge in [0.1, 0.15) is 23.7 Å². The summed E-state index contributed by atoms with van der Waals surface area (Å²) >= 11 is 0. The molecule has 0 bridgehead atoms. The average molecular weight is 478 g/mol. The van der Waals surface area contributed by atoms with E-state index in [0.717, 1.165) is 29.3 Å². The molecule has 3 aromatic rings. The fourth-order valence-corrected chi connectivity index (χ4v) is 4.40. The predicted molar refractivity (Wildman–Crippen MR) is 126 cm³/mol. The molecule has 6 nitrogen and oxygen atoms in total. The van der Waals surface area contributed by atoms with Crippen molar-refractivity contribution in [3.8, 4) is 0 Å². The summed E-state index contributed by atoms with van der Waals surface area (Å²) in [5.74, 6) is -2.98. The zero-order valence-electron chi connectivity index (χ0n) is 19.3. The van der Waals surface area contributed by atoms with Crippen molar-refractivity contribution in [3.63, 3.8) is 0 Å². The fraction of sp³-hybridized carbons (Fsp3) is 0.222. The largest absolute Gasteiger partial charge is 0.344 e. The summed E-state index contributed by atoms with van der Waals surface area (Å²) in [5.41, 5.74) is 2.69. The van der Waals surface area contributed by atoms with Gasteiger partial charge in [0.25, 0.3) is 0 Å². The van der Waals surface area contributed by atoms with E-state index in [1.54, 1.807) is 11.9 Å². The quantitative estimate of drug-likeness (QED) is 0.571. The molecule has 2 N–H and O–H groups in total. The Morgan fingerprint density at radius 2 is 1.54 bits per heavy atom. The minimum absolute atomic E-state index is 0.151. The van der Waals surface area contributed by atoms with Crippen molar-refractivity contribution in [2.45, 2.75) is 31.5 Å². The monoisotopic (exact) mass is 477 g/mol. The third kappa shape index (κ3) is 5.21. The van der Waals surface area contributed by atoms with Crippen LogP contribution in [-0.4, -0.2) is 35.7 Å². The lowest BCUT2D eigenvalue weighted by atomic mass is 9.85. The van der Waals surface area contributed by atoms with Crippen LogP contribution in [0.3, 0.4) is 0 Å². The van der Waals surface area contributed by atoms with Gasteiger partial charge in [-0.3, -0.25) is 14.4 Å². The molecular formula is C27H25F2N3O3. The number of likely N-dealkylation sites (N-methyl/N-ethyl adjacent to an activating group) is 1. The van der Waals surface area contributed by atoms with Gasteiger partial charge in [-0.15, -0.1) is 0 Å². The van der Waals surface area contributed by atoms with E-state index in [-0.39, 0.29) is 23.9 Å². The summed E-state index contributed by atoms with van der Waals surface area (Å²) in [5, 5.41) is 5.27. The maximum absolute atomic E-state index is 13.4. The molecule has 3 amide bonds. The molecule has 4 rings (SSSR count). The molecule has 1 aliphatic heterocycles. The molecule has 0 spiro atoms. The molecule has 0 radical (unpaired) electrons. The number of rotatable bonds is 6. The maximum atomic E-state index is 13.4. The van der Waals surface area contributed by atoms with E-state index >= 15 is 0 Å². The normalized spacial score (nSPS) is 17.9. The number of carbonyl (C=O) groups excluding carboxylic acids is 3. The SMILES string of the molecule is C[C@H](NC(=O)Cc1cc(F)cc(F)c1)C(=O)NC1C(=O)N(C)C(c2ccccc2)c2ccccc21. The van der Waals surface area contributed by atoms with Gasteiger partial charge in [-0.25, -0.2) is 8.78 Å². The van der Waals surface area contributed by atoms with Crippen molar-refractivity contribution in [3.05, 3.63) is 107 Å². The first-order valence-electron chi connectivity index (χ1n) is 11.2. The summed E-state index contributed by atoms with van der Waals surface area (Å²) in [7, 11) is 1.69. The predicted octanol–water partition coefficient (Wildman–Crippen LogP) is 3.43. The van der Waals surface area contributed by atoms with E-state index in [9.17, 15) is 23.2 Å². The van der Waals surface area contributed by atoms with E-state index in [1.807, 2.05) is 54.6 Å². The Morgan fingerprint density at radius 3 is 2.20 bits per heavy atom.